The summed E-state index contributed by atoms with van der Waals surface area (Å²) in [7, 11) is -4.12. The molecule has 0 fully saturated rings. The van der Waals surface area contributed by atoms with E-state index in [4.69, 9.17) is 16.3 Å². The lowest BCUT2D eigenvalue weighted by molar-refractivity contribution is -0.116. The predicted molar refractivity (Wildman–Crippen MR) is 131 cm³/mol. The van der Waals surface area contributed by atoms with Crippen LogP contribution in [-0.2, 0) is 21.2 Å². The first-order valence-electron chi connectivity index (χ1n) is 10.4. The molecule has 0 radical (unpaired) electrons. The lowest BCUT2D eigenvalue weighted by Gasteiger charge is -2.14. The third-order valence-electron chi connectivity index (χ3n) is 5.12. The number of hydrogen-bond donors (Lipinski definition) is 1. The second kappa shape index (κ2) is 9.70. The van der Waals surface area contributed by atoms with Crippen LogP contribution in [0.1, 0.15) is 6.92 Å². The summed E-state index contributed by atoms with van der Waals surface area (Å²) >= 11 is 6.09. The molecule has 7 nitrogen and oxygen atoms in total. The molecule has 174 valence electrons. The van der Waals surface area contributed by atoms with E-state index in [1.54, 1.807) is 54.6 Å². The van der Waals surface area contributed by atoms with Gasteiger partial charge < -0.3 is 14.6 Å². The van der Waals surface area contributed by atoms with Gasteiger partial charge in [0.25, 0.3) is 0 Å². The van der Waals surface area contributed by atoms with Crippen molar-refractivity contribution >= 4 is 43.9 Å². The fourth-order valence-electron chi connectivity index (χ4n) is 3.55. The molecule has 1 aromatic heterocycles. The summed E-state index contributed by atoms with van der Waals surface area (Å²) in [4.78, 5) is 25.5. The van der Waals surface area contributed by atoms with Crippen LogP contribution in [0.4, 0.5) is 5.69 Å². The summed E-state index contributed by atoms with van der Waals surface area (Å²) < 4.78 is 33.3. The quantitative estimate of drug-likeness (QED) is 0.406. The van der Waals surface area contributed by atoms with Crippen LogP contribution in [0, 0.1) is 0 Å². The first kappa shape index (κ1) is 23.5. The molecule has 0 spiro atoms. The molecule has 0 aliphatic rings. The van der Waals surface area contributed by atoms with E-state index in [9.17, 15) is 18.0 Å². The highest BCUT2D eigenvalue weighted by Gasteiger charge is 2.24. The van der Waals surface area contributed by atoms with E-state index >= 15 is 0 Å². The normalized spacial score (nSPS) is 11.4. The lowest BCUT2D eigenvalue weighted by Crippen LogP contribution is -2.24. The van der Waals surface area contributed by atoms with Gasteiger partial charge in [0.05, 0.1) is 17.0 Å². The number of halogens is 1. The minimum Gasteiger partial charge on any atom is -0.494 e. The Morgan fingerprint density at radius 3 is 2.41 bits per heavy atom. The van der Waals surface area contributed by atoms with Gasteiger partial charge in [-0.15, -0.1) is 0 Å². The number of rotatable bonds is 7. The number of ether oxygens (including phenoxy) is 1. The number of anilines is 1. The van der Waals surface area contributed by atoms with Crippen molar-refractivity contribution in [3.8, 4) is 5.75 Å². The van der Waals surface area contributed by atoms with Crippen LogP contribution in [0.5, 0.6) is 5.75 Å². The molecule has 34 heavy (non-hydrogen) atoms. The Morgan fingerprint density at radius 1 is 1.03 bits per heavy atom. The summed E-state index contributed by atoms with van der Waals surface area (Å²) in [6, 6.07) is 19.1. The van der Waals surface area contributed by atoms with Crippen LogP contribution >= 0.6 is 11.6 Å². The van der Waals surface area contributed by atoms with E-state index in [2.05, 4.69) is 5.32 Å². The van der Waals surface area contributed by atoms with Gasteiger partial charge >= 0.3 is 0 Å². The van der Waals surface area contributed by atoms with Crippen LogP contribution < -0.4 is 15.5 Å². The Morgan fingerprint density at radius 2 is 1.74 bits per heavy atom. The Labute approximate surface area is 201 Å². The molecule has 0 bridgehead atoms. The fourth-order valence-corrected chi connectivity index (χ4v) is 5.11. The molecule has 1 heterocycles. The average Bonchev–Trinajstić information content (AvgIpc) is 2.83. The molecule has 0 unspecified atom stereocenters. The molecule has 0 aliphatic carbocycles. The third-order valence-corrected chi connectivity index (χ3v) is 7.11. The fraction of sp³-hybridized carbons (Fsp3) is 0.120. The maximum atomic E-state index is 13.2. The molecule has 9 heteroatoms. The number of fused-ring (bicyclic) bond motifs is 1. The highest BCUT2D eigenvalue weighted by molar-refractivity contribution is 7.91. The molecule has 1 amide bonds. The number of carbonyl (C=O) groups excluding carboxylic acids is 1. The minimum atomic E-state index is -4.12. The Bertz CT molecular complexity index is 1520. The van der Waals surface area contributed by atoms with Gasteiger partial charge in [0.2, 0.25) is 21.2 Å². The van der Waals surface area contributed by atoms with Crippen LogP contribution in [0.15, 0.2) is 93.6 Å². The molecule has 3 aromatic carbocycles. The number of pyridine rings is 1. The molecular weight excluding hydrogens is 476 g/mol. The topological polar surface area (TPSA) is 94.5 Å². The van der Waals surface area contributed by atoms with Crippen molar-refractivity contribution in [2.45, 2.75) is 23.3 Å². The monoisotopic (exact) mass is 496 g/mol. The molecule has 0 saturated carbocycles. The van der Waals surface area contributed by atoms with Crippen LogP contribution in [-0.4, -0.2) is 25.5 Å². The van der Waals surface area contributed by atoms with Crippen LogP contribution in [0.3, 0.4) is 0 Å². The highest BCUT2D eigenvalue weighted by atomic mass is 35.5. The van der Waals surface area contributed by atoms with Crippen molar-refractivity contribution < 1.29 is 17.9 Å². The number of carbonyl (C=O) groups is 1. The van der Waals surface area contributed by atoms with Gasteiger partial charge in [-0.25, -0.2) is 8.42 Å². The predicted octanol–water partition coefficient (Wildman–Crippen LogP) is 4.53. The Balaban J connectivity index is 1.74. The van der Waals surface area contributed by atoms with Gasteiger partial charge in [0.15, 0.2) is 0 Å². The Kier molecular flexibility index (Phi) is 6.72. The van der Waals surface area contributed by atoms with Crippen molar-refractivity contribution in [3.63, 3.8) is 0 Å². The molecule has 4 aromatic rings. The van der Waals surface area contributed by atoms with Crippen molar-refractivity contribution in [3.05, 3.63) is 94.2 Å². The first-order valence-corrected chi connectivity index (χ1v) is 12.3. The first-order chi connectivity index (χ1) is 16.3. The zero-order chi connectivity index (χ0) is 24.3. The van der Waals surface area contributed by atoms with Crippen molar-refractivity contribution in [1.29, 1.82) is 0 Å². The number of amides is 1. The van der Waals surface area contributed by atoms with E-state index in [0.717, 1.165) is 0 Å². The van der Waals surface area contributed by atoms with Crippen molar-refractivity contribution in [2.75, 3.05) is 11.9 Å². The second-order valence-electron chi connectivity index (χ2n) is 7.43. The summed E-state index contributed by atoms with van der Waals surface area (Å²) in [6.07, 6.45) is 1.21. The third kappa shape index (κ3) is 4.83. The molecule has 1 N–H and O–H groups in total. The van der Waals surface area contributed by atoms with E-state index in [0.29, 0.717) is 23.6 Å². The smallest absolute Gasteiger partial charge is 0.244 e. The Hall–Kier alpha value is -3.62. The van der Waals surface area contributed by atoms with Crippen LogP contribution in [0.25, 0.3) is 10.9 Å². The van der Waals surface area contributed by atoms with E-state index in [-0.39, 0.29) is 21.8 Å². The number of aromatic nitrogens is 1. The minimum absolute atomic E-state index is 0.0149. The van der Waals surface area contributed by atoms with Gasteiger partial charge in [-0.05, 0) is 61.5 Å². The lowest BCUT2D eigenvalue weighted by atomic mass is 10.2. The second-order valence-corrected chi connectivity index (χ2v) is 9.79. The van der Waals surface area contributed by atoms with Crippen molar-refractivity contribution in [1.82, 2.24) is 4.57 Å². The summed E-state index contributed by atoms with van der Waals surface area (Å²) in [6.45, 7) is 2.19. The summed E-state index contributed by atoms with van der Waals surface area (Å²) in [5.41, 5.74) is 0.270. The zero-order valence-electron chi connectivity index (χ0n) is 18.2. The van der Waals surface area contributed by atoms with Gasteiger partial charge in [0, 0.05) is 22.3 Å². The number of nitrogens with one attached hydrogen (secondary N) is 1. The molecule has 0 saturated heterocycles. The maximum absolute atomic E-state index is 13.2. The largest absolute Gasteiger partial charge is 0.494 e. The summed E-state index contributed by atoms with van der Waals surface area (Å²) in [5, 5.41) is 3.16. The van der Waals surface area contributed by atoms with Gasteiger partial charge in [0.1, 0.15) is 17.2 Å². The van der Waals surface area contributed by atoms with Crippen LogP contribution in [0.2, 0.25) is 5.02 Å². The van der Waals surface area contributed by atoms with E-state index < -0.39 is 26.1 Å². The molecule has 0 atom stereocenters. The number of hydrogen-bond acceptors (Lipinski definition) is 5. The number of benzene rings is 3. The van der Waals surface area contributed by atoms with Crippen molar-refractivity contribution in [2.24, 2.45) is 0 Å². The van der Waals surface area contributed by atoms with E-state index in [1.807, 2.05) is 6.92 Å². The number of sulfone groups is 1. The SMILES string of the molecule is CCOc1ccc(NC(=O)Cn2cc(S(=O)(=O)c3ccccc3)c(=O)c3cc(Cl)ccc32)cc1. The average molecular weight is 497 g/mol. The highest BCUT2D eigenvalue weighted by Crippen LogP contribution is 2.23. The number of nitrogens with zero attached hydrogens (tertiary/aromatic N) is 1. The van der Waals surface area contributed by atoms with Gasteiger partial charge in [-0.2, -0.15) is 0 Å². The zero-order valence-corrected chi connectivity index (χ0v) is 19.8. The maximum Gasteiger partial charge on any atom is 0.244 e. The van der Waals surface area contributed by atoms with E-state index in [1.165, 1.54) is 29.0 Å². The molecule has 4 rings (SSSR count). The van der Waals surface area contributed by atoms with Gasteiger partial charge in [-0.3, -0.25) is 9.59 Å². The standard InChI is InChI=1S/C25H21ClN2O5S/c1-2-33-19-11-9-18(10-12-19)27-24(29)16-28-15-23(34(31,32)20-6-4-3-5-7-20)25(30)21-14-17(26)8-13-22(21)28/h3-15H,2,16H2,1H3,(H,27,29). The molecule has 0 aliphatic heterocycles. The van der Waals surface area contributed by atoms with Gasteiger partial charge in [-0.1, -0.05) is 29.8 Å². The molecular formula is C25H21ClN2O5S. The summed E-state index contributed by atoms with van der Waals surface area (Å²) in [5.74, 6) is 0.284.